The van der Waals surface area contributed by atoms with Crippen LogP contribution in [0.15, 0.2) is 46.6 Å². The lowest BCUT2D eigenvalue weighted by molar-refractivity contribution is -0.114. The number of aromatic nitrogens is 2. The van der Waals surface area contributed by atoms with Crippen molar-refractivity contribution in [3.63, 3.8) is 0 Å². The molecule has 1 saturated heterocycles. The zero-order valence-electron chi connectivity index (χ0n) is 23.1. The van der Waals surface area contributed by atoms with E-state index in [2.05, 4.69) is 27.4 Å². The highest BCUT2D eigenvalue weighted by Crippen LogP contribution is 2.37. The SMILES string of the molecule is Cc1cc(C)n(C[C@H](O)CN=C2C=CCC(=O)C2=C2Cc3cc4c(cc3N2)C(=O)N(C2CCN(C)CC2)C4=O)n1. The van der Waals surface area contributed by atoms with Crippen molar-refractivity contribution in [3.05, 3.63) is 69.7 Å². The number of rotatable bonds is 5. The molecule has 4 heterocycles. The number of carbonyl (C=O) groups is 3. The smallest absolute Gasteiger partial charge is 0.261 e. The van der Waals surface area contributed by atoms with Crippen LogP contribution in [0.25, 0.3) is 0 Å². The number of nitrogens with one attached hydrogen (secondary N) is 1. The van der Waals surface area contributed by atoms with Crippen LogP contribution in [0.4, 0.5) is 5.69 Å². The third kappa shape index (κ3) is 4.71. The van der Waals surface area contributed by atoms with Crippen molar-refractivity contribution in [2.75, 3.05) is 32.0 Å². The summed E-state index contributed by atoms with van der Waals surface area (Å²) in [4.78, 5) is 48.0. The Morgan fingerprint density at radius 1 is 1.10 bits per heavy atom. The van der Waals surface area contributed by atoms with E-state index in [1.165, 1.54) is 4.90 Å². The van der Waals surface area contributed by atoms with E-state index in [1.54, 1.807) is 22.9 Å². The lowest BCUT2D eigenvalue weighted by Crippen LogP contribution is -2.46. The van der Waals surface area contributed by atoms with Crippen LogP contribution in [0, 0.1) is 13.8 Å². The van der Waals surface area contributed by atoms with Crippen LogP contribution in [0.5, 0.6) is 0 Å². The summed E-state index contributed by atoms with van der Waals surface area (Å²) in [7, 11) is 2.05. The maximum Gasteiger partial charge on any atom is 0.261 e. The predicted octanol–water partition coefficient (Wildman–Crippen LogP) is 2.44. The van der Waals surface area contributed by atoms with Crippen LogP contribution in [0.2, 0.25) is 0 Å². The minimum Gasteiger partial charge on any atom is -0.389 e. The number of hydrogen-bond donors (Lipinski definition) is 2. The summed E-state index contributed by atoms with van der Waals surface area (Å²) in [6.45, 7) is 6.01. The second-order valence-corrected chi connectivity index (χ2v) is 11.2. The number of anilines is 1. The van der Waals surface area contributed by atoms with Crippen LogP contribution < -0.4 is 5.32 Å². The first-order valence-electron chi connectivity index (χ1n) is 13.9. The molecule has 1 atom stereocenters. The number of aliphatic hydroxyl groups is 1. The molecule has 6 rings (SSSR count). The standard InChI is InChI=1S/C30H34N6O4/c1-17-11-18(2)35(33-17)16-21(37)15-31-24-5-4-6-27(38)28(24)26-13-19-12-22-23(14-25(19)32-26)30(40)36(29(22)39)20-7-9-34(3)10-8-20/h4-5,11-12,14,20-21,32,37H,6-10,13,15-16H2,1-3H3/t21-/m1/s1. The molecular weight excluding hydrogens is 508 g/mol. The number of fused-ring (bicyclic) bond motifs is 2. The Hall–Kier alpha value is -3.89. The summed E-state index contributed by atoms with van der Waals surface area (Å²) in [5, 5.41) is 18.4. The number of aliphatic hydroxyl groups excluding tert-OH is 1. The molecule has 2 N–H and O–H groups in total. The van der Waals surface area contributed by atoms with E-state index in [-0.39, 0.29) is 36.6 Å². The molecular formula is C30H34N6O4. The molecule has 10 nitrogen and oxygen atoms in total. The fraction of sp³-hybridized carbons (Fsp3) is 0.433. The van der Waals surface area contributed by atoms with Gasteiger partial charge in [0.2, 0.25) is 0 Å². The Balaban J connectivity index is 1.22. The van der Waals surface area contributed by atoms with Gasteiger partial charge in [-0.3, -0.25) is 29.0 Å². The number of benzene rings is 1. The van der Waals surface area contributed by atoms with Gasteiger partial charge in [-0.15, -0.1) is 0 Å². The Morgan fingerprint density at radius 2 is 1.82 bits per heavy atom. The van der Waals surface area contributed by atoms with E-state index in [0.717, 1.165) is 48.6 Å². The first-order chi connectivity index (χ1) is 19.2. The summed E-state index contributed by atoms with van der Waals surface area (Å²) in [5.74, 6) is -0.525. The van der Waals surface area contributed by atoms with Crippen molar-refractivity contribution in [1.82, 2.24) is 19.6 Å². The van der Waals surface area contributed by atoms with Gasteiger partial charge in [0.15, 0.2) is 5.78 Å². The number of piperidine rings is 1. The first-order valence-corrected chi connectivity index (χ1v) is 13.9. The number of imide groups is 1. The molecule has 2 aromatic rings. The number of nitrogens with zero attached hydrogens (tertiary/aromatic N) is 5. The van der Waals surface area contributed by atoms with E-state index in [1.807, 2.05) is 26.0 Å². The molecule has 3 aliphatic heterocycles. The molecule has 0 unspecified atom stereocenters. The predicted molar refractivity (Wildman–Crippen MR) is 151 cm³/mol. The zero-order valence-corrected chi connectivity index (χ0v) is 23.1. The average Bonchev–Trinajstić information content (AvgIpc) is 3.55. The Kier molecular flexibility index (Phi) is 6.75. The molecule has 0 saturated carbocycles. The van der Waals surface area contributed by atoms with Gasteiger partial charge in [-0.05, 0) is 76.7 Å². The van der Waals surface area contributed by atoms with E-state index < -0.39 is 6.10 Å². The van der Waals surface area contributed by atoms with Crippen molar-refractivity contribution in [2.24, 2.45) is 4.99 Å². The van der Waals surface area contributed by atoms with Gasteiger partial charge in [-0.1, -0.05) is 6.08 Å². The molecule has 1 aromatic carbocycles. The molecule has 1 fully saturated rings. The third-order valence-electron chi connectivity index (χ3n) is 8.22. The summed E-state index contributed by atoms with van der Waals surface area (Å²) < 4.78 is 1.76. The molecule has 4 aliphatic rings. The van der Waals surface area contributed by atoms with E-state index in [4.69, 9.17) is 0 Å². The number of amides is 2. The normalized spacial score (nSPS) is 23.2. The van der Waals surface area contributed by atoms with E-state index >= 15 is 0 Å². The van der Waals surface area contributed by atoms with Crippen LogP contribution in [-0.2, 0) is 17.8 Å². The number of allylic oxidation sites excluding steroid dienone is 4. The van der Waals surface area contributed by atoms with Gasteiger partial charge in [-0.2, -0.15) is 5.10 Å². The highest BCUT2D eigenvalue weighted by molar-refractivity contribution is 6.29. The van der Waals surface area contributed by atoms with Crippen molar-refractivity contribution in [3.8, 4) is 0 Å². The highest BCUT2D eigenvalue weighted by Gasteiger charge is 2.42. The zero-order chi connectivity index (χ0) is 28.1. The van der Waals surface area contributed by atoms with Crippen molar-refractivity contribution < 1.29 is 19.5 Å². The number of carbonyl (C=O) groups excluding carboxylic acids is 3. The quantitative estimate of drug-likeness (QED) is 0.440. The second-order valence-electron chi connectivity index (χ2n) is 11.2. The van der Waals surface area contributed by atoms with Crippen LogP contribution in [0.3, 0.4) is 0 Å². The molecule has 208 valence electrons. The summed E-state index contributed by atoms with van der Waals surface area (Å²) >= 11 is 0. The van der Waals surface area contributed by atoms with Crippen LogP contribution in [0.1, 0.15) is 56.9 Å². The van der Waals surface area contributed by atoms with Crippen LogP contribution in [-0.4, -0.2) is 86.8 Å². The molecule has 40 heavy (non-hydrogen) atoms. The fourth-order valence-corrected chi connectivity index (χ4v) is 6.13. The third-order valence-corrected chi connectivity index (χ3v) is 8.22. The van der Waals surface area contributed by atoms with Crippen molar-refractivity contribution in [1.29, 1.82) is 0 Å². The first kappa shape index (κ1) is 26.3. The topological polar surface area (TPSA) is 120 Å². The van der Waals surface area contributed by atoms with E-state index in [0.29, 0.717) is 41.1 Å². The fourth-order valence-electron chi connectivity index (χ4n) is 6.13. The van der Waals surface area contributed by atoms with E-state index in [9.17, 15) is 19.5 Å². The largest absolute Gasteiger partial charge is 0.389 e. The lowest BCUT2D eigenvalue weighted by atomic mass is 9.94. The Morgan fingerprint density at radius 3 is 2.52 bits per heavy atom. The number of aliphatic imine (C=N–C) groups is 1. The number of hydrogen-bond acceptors (Lipinski definition) is 8. The number of aryl methyl sites for hydroxylation is 2. The highest BCUT2D eigenvalue weighted by atomic mass is 16.3. The van der Waals surface area contributed by atoms with Crippen molar-refractivity contribution in [2.45, 2.75) is 58.2 Å². The Labute approximate surface area is 233 Å². The van der Waals surface area contributed by atoms with Gasteiger partial charge in [0, 0.05) is 36.0 Å². The molecule has 1 aliphatic carbocycles. The number of likely N-dealkylation sites (tertiary alicyclic amines) is 1. The minimum absolute atomic E-state index is 0.0577. The lowest BCUT2D eigenvalue weighted by Gasteiger charge is -2.33. The molecule has 10 heteroatoms. The monoisotopic (exact) mass is 542 g/mol. The van der Waals surface area contributed by atoms with Gasteiger partial charge < -0.3 is 15.3 Å². The van der Waals surface area contributed by atoms with Crippen molar-refractivity contribution >= 4 is 29.0 Å². The molecule has 1 aromatic heterocycles. The number of ketones is 1. The molecule has 0 spiro atoms. The maximum atomic E-state index is 13.3. The maximum absolute atomic E-state index is 13.3. The molecule has 0 bridgehead atoms. The summed E-state index contributed by atoms with van der Waals surface area (Å²) in [5.41, 5.74) is 6.02. The van der Waals surface area contributed by atoms with Gasteiger partial charge >= 0.3 is 0 Å². The second kappa shape index (κ2) is 10.3. The summed E-state index contributed by atoms with van der Waals surface area (Å²) in [6.07, 6.45) is 5.10. The van der Waals surface area contributed by atoms with Gasteiger partial charge in [0.25, 0.3) is 11.8 Å². The number of Topliss-reactive ketones (excluding diaryl/α,β-unsaturated/α-hetero) is 1. The summed E-state index contributed by atoms with van der Waals surface area (Å²) in [6, 6.07) is 5.44. The van der Waals surface area contributed by atoms with Crippen LogP contribution >= 0.6 is 0 Å². The minimum atomic E-state index is -0.761. The van der Waals surface area contributed by atoms with Gasteiger partial charge in [0.05, 0.1) is 47.3 Å². The average molecular weight is 543 g/mol. The molecule has 0 radical (unpaired) electrons. The Bertz CT molecular complexity index is 1460. The van der Waals surface area contributed by atoms with Gasteiger partial charge in [0.1, 0.15) is 0 Å². The molecule has 2 amide bonds. The van der Waals surface area contributed by atoms with Gasteiger partial charge in [-0.25, -0.2) is 0 Å².